The molecule has 0 aromatic heterocycles. The molecule has 2 rings (SSSR count). The summed E-state index contributed by atoms with van der Waals surface area (Å²) < 4.78 is 15.5. The fourth-order valence-corrected chi connectivity index (χ4v) is 2.98. The average Bonchev–Trinajstić information content (AvgIpc) is 2.89. The van der Waals surface area contributed by atoms with E-state index in [9.17, 15) is 14.4 Å². The normalized spacial score (nSPS) is 15.3. The van der Waals surface area contributed by atoms with Gasteiger partial charge in [0.15, 0.2) is 18.1 Å². The standard InChI is InChI=1S/C18H19NO6S/c1-4-8-19-17(21)15(26-18(19)22)10-12-6-7-13(14(9-12)24-5-2)25-11-16(20)23-3/h4,6-7,9-10H,1,5,8,11H2,2-3H3/b15-10+. The van der Waals surface area contributed by atoms with Crippen LogP contribution >= 0.6 is 11.8 Å². The molecule has 1 aliphatic rings. The Hall–Kier alpha value is -2.74. The van der Waals surface area contributed by atoms with Gasteiger partial charge in [-0.1, -0.05) is 12.1 Å². The summed E-state index contributed by atoms with van der Waals surface area (Å²) in [6.07, 6.45) is 3.11. The van der Waals surface area contributed by atoms with Crippen molar-refractivity contribution in [1.29, 1.82) is 0 Å². The predicted molar refractivity (Wildman–Crippen MR) is 98.0 cm³/mol. The van der Waals surface area contributed by atoms with Gasteiger partial charge in [-0.2, -0.15) is 0 Å². The highest BCUT2D eigenvalue weighted by atomic mass is 32.2. The molecule has 1 heterocycles. The summed E-state index contributed by atoms with van der Waals surface area (Å²) >= 11 is 0.875. The van der Waals surface area contributed by atoms with Gasteiger partial charge in [0.2, 0.25) is 0 Å². The van der Waals surface area contributed by atoms with E-state index in [0.29, 0.717) is 28.6 Å². The molecule has 1 aromatic rings. The topological polar surface area (TPSA) is 82.1 Å². The number of nitrogens with zero attached hydrogens (tertiary/aromatic N) is 1. The number of benzene rings is 1. The Morgan fingerprint density at radius 3 is 2.69 bits per heavy atom. The largest absolute Gasteiger partial charge is 0.490 e. The summed E-state index contributed by atoms with van der Waals surface area (Å²) in [6, 6.07) is 5.02. The molecule has 0 saturated carbocycles. The highest BCUT2D eigenvalue weighted by Gasteiger charge is 2.34. The molecule has 1 fully saturated rings. The SMILES string of the molecule is C=CCN1C(=O)S/C(=C/c2ccc(OCC(=O)OC)c(OCC)c2)C1=O. The first-order chi connectivity index (χ1) is 12.5. The summed E-state index contributed by atoms with van der Waals surface area (Å²) in [5, 5.41) is -0.329. The van der Waals surface area contributed by atoms with E-state index < -0.39 is 5.97 Å². The quantitative estimate of drug-likeness (QED) is 0.391. The maximum Gasteiger partial charge on any atom is 0.343 e. The molecule has 26 heavy (non-hydrogen) atoms. The molecule has 0 N–H and O–H groups in total. The molecule has 0 radical (unpaired) electrons. The van der Waals surface area contributed by atoms with Gasteiger partial charge in [-0.05, 0) is 42.5 Å². The lowest BCUT2D eigenvalue weighted by molar-refractivity contribution is -0.142. The molecule has 0 atom stereocenters. The zero-order chi connectivity index (χ0) is 19.1. The average molecular weight is 377 g/mol. The molecule has 0 unspecified atom stereocenters. The minimum atomic E-state index is -0.507. The van der Waals surface area contributed by atoms with Crippen molar-refractivity contribution in [2.75, 3.05) is 26.9 Å². The van der Waals surface area contributed by atoms with Gasteiger partial charge >= 0.3 is 5.97 Å². The molecule has 1 aliphatic heterocycles. The number of methoxy groups -OCH3 is 1. The fraction of sp³-hybridized carbons (Fsp3) is 0.278. The van der Waals surface area contributed by atoms with Crippen molar-refractivity contribution in [3.63, 3.8) is 0 Å². The van der Waals surface area contributed by atoms with Crippen molar-refractivity contribution in [3.8, 4) is 11.5 Å². The number of rotatable bonds is 8. The molecule has 0 bridgehead atoms. The van der Waals surface area contributed by atoms with Crippen LogP contribution in [0, 0.1) is 0 Å². The number of ether oxygens (including phenoxy) is 3. The summed E-state index contributed by atoms with van der Waals surface area (Å²) in [7, 11) is 1.28. The molecule has 138 valence electrons. The molecule has 8 heteroatoms. The number of carbonyl (C=O) groups is 3. The Morgan fingerprint density at radius 1 is 1.27 bits per heavy atom. The van der Waals surface area contributed by atoms with E-state index in [1.165, 1.54) is 13.2 Å². The van der Waals surface area contributed by atoms with Crippen molar-refractivity contribution in [3.05, 3.63) is 41.3 Å². The van der Waals surface area contributed by atoms with Gasteiger partial charge in [0.05, 0.1) is 18.6 Å². The molecule has 1 aromatic carbocycles. The minimum Gasteiger partial charge on any atom is -0.490 e. The monoisotopic (exact) mass is 377 g/mol. The number of thioether (sulfide) groups is 1. The summed E-state index contributed by atoms with van der Waals surface area (Å²) in [6.45, 7) is 5.69. The molecule has 1 saturated heterocycles. The smallest absolute Gasteiger partial charge is 0.343 e. The molecule has 2 amide bonds. The predicted octanol–water partition coefficient (Wildman–Crippen LogP) is 2.86. The first kappa shape index (κ1) is 19.6. The van der Waals surface area contributed by atoms with Crippen LogP contribution in [0.5, 0.6) is 11.5 Å². The van der Waals surface area contributed by atoms with Gasteiger partial charge in [0, 0.05) is 6.54 Å². The van der Waals surface area contributed by atoms with E-state index in [2.05, 4.69) is 11.3 Å². The highest BCUT2D eigenvalue weighted by Crippen LogP contribution is 2.34. The van der Waals surface area contributed by atoms with E-state index in [1.807, 2.05) is 6.92 Å². The van der Waals surface area contributed by atoms with Gasteiger partial charge in [0.1, 0.15) is 0 Å². The maximum absolute atomic E-state index is 12.3. The van der Waals surface area contributed by atoms with Crippen molar-refractivity contribution in [1.82, 2.24) is 4.90 Å². The highest BCUT2D eigenvalue weighted by molar-refractivity contribution is 8.18. The molecule has 0 spiro atoms. The lowest BCUT2D eigenvalue weighted by Gasteiger charge is -2.12. The van der Waals surface area contributed by atoms with Gasteiger partial charge in [-0.25, -0.2) is 4.79 Å². The van der Waals surface area contributed by atoms with Crippen molar-refractivity contribution in [2.24, 2.45) is 0 Å². The Bertz CT molecular complexity index is 758. The Labute approximate surface area is 155 Å². The second-order valence-electron chi connectivity index (χ2n) is 5.08. The van der Waals surface area contributed by atoms with E-state index >= 15 is 0 Å². The van der Waals surface area contributed by atoms with E-state index in [-0.39, 0.29) is 24.3 Å². The van der Waals surface area contributed by atoms with E-state index in [4.69, 9.17) is 9.47 Å². The minimum absolute atomic E-state index is 0.173. The number of imide groups is 1. The Morgan fingerprint density at radius 2 is 2.04 bits per heavy atom. The first-order valence-corrected chi connectivity index (χ1v) is 8.64. The number of hydrogen-bond acceptors (Lipinski definition) is 7. The van der Waals surface area contributed by atoms with E-state index in [1.54, 1.807) is 24.3 Å². The number of carbonyl (C=O) groups excluding carboxylic acids is 3. The summed E-state index contributed by atoms with van der Waals surface area (Å²) in [4.78, 5) is 36.8. The third-order valence-corrected chi connectivity index (χ3v) is 4.23. The molecule has 0 aliphatic carbocycles. The molecular formula is C18H19NO6S. The van der Waals surface area contributed by atoms with Crippen LogP contribution in [0.2, 0.25) is 0 Å². The van der Waals surface area contributed by atoms with Crippen LogP contribution in [-0.4, -0.2) is 48.9 Å². The lowest BCUT2D eigenvalue weighted by atomic mass is 10.2. The first-order valence-electron chi connectivity index (χ1n) is 7.82. The fourth-order valence-electron chi connectivity index (χ4n) is 2.14. The van der Waals surface area contributed by atoms with Crippen molar-refractivity contribution in [2.45, 2.75) is 6.92 Å². The van der Waals surface area contributed by atoms with Crippen LogP contribution < -0.4 is 9.47 Å². The van der Waals surface area contributed by atoms with Crippen LogP contribution in [0.25, 0.3) is 6.08 Å². The van der Waals surface area contributed by atoms with Crippen LogP contribution in [0.4, 0.5) is 4.79 Å². The number of hydrogen-bond donors (Lipinski definition) is 0. The van der Waals surface area contributed by atoms with Crippen LogP contribution in [0.15, 0.2) is 35.8 Å². The van der Waals surface area contributed by atoms with Gasteiger partial charge in [-0.15, -0.1) is 6.58 Å². The second kappa shape index (κ2) is 9.10. The third kappa shape index (κ3) is 4.66. The zero-order valence-corrected chi connectivity index (χ0v) is 15.3. The third-order valence-electron chi connectivity index (χ3n) is 3.32. The number of amides is 2. The summed E-state index contributed by atoms with van der Waals surface area (Å²) in [5.41, 5.74) is 0.669. The Balaban J connectivity index is 2.23. The molecule has 7 nitrogen and oxygen atoms in total. The van der Waals surface area contributed by atoms with Crippen molar-refractivity contribution >= 4 is 35.0 Å². The van der Waals surface area contributed by atoms with Gasteiger partial charge < -0.3 is 14.2 Å². The molecular weight excluding hydrogens is 358 g/mol. The van der Waals surface area contributed by atoms with Gasteiger partial charge in [0.25, 0.3) is 11.1 Å². The lowest BCUT2D eigenvalue weighted by Crippen LogP contribution is -2.27. The number of esters is 1. The van der Waals surface area contributed by atoms with Crippen LogP contribution in [0.3, 0.4) is 0 Å². The summed E-state index contributed by atoms with van der Waals surface area (Å²) in [5.74, 6) is -0.0547. The Kier molecular flexibility index (Phi) is 6.85. The van der Waals surface area contributed by atoms with Crippen molar-refractivity contribution < 1.29 is 28.6 Å². The van der Waals surface area contributed by atoms with Crippen LogP contribution in [-0.2, 0) is 14.3 Å². The zero-order valence-electron chi connectivity index (χ0n) is 14.5. The maximum atomic E-state index is 12.3. The second-order valence-corrected chi connectivity index (χ2v) is 6.08. The van der Waals surface area contributed by atoms with Gasteiger partial charge in [-0.3, -0.25) is 14.5 Å². The van der Waals surface area contributed by atoms with E-state index in [0.717, 1.165) is 16.7 Å². The van der Waals surface area contributed by atoms with Crippen LogP contribution in [0.1, 0.15) is 12.5 Å².